The van der Waals surface area contributed by atoms with E-state index in [0.29, 0.717) is 11.3 Å². The summed E-state index contributed by atoms with van der Waals surface area (Å²) in [6, 6.07) is 0.405. The van der Waals surface area contributed by atoms with Gasteiger partial charge in [0.2, 0.25) is 0 Å². The van der Waals surface area contributed by atoms with E-state index in [4.69, 9.17) is 4.99 Å². The predicted molar refractivity (Wildman–Crippen MR) is 124 cm³/mol. The molecule has 2 aliphatic rings. The third kappa shape index (κ3) is 8.42. The van der Waals surface area contributed by atoms with E-state index in [1.54, 1.807) is 0 Å². The molecule has 1 heterocycles. The maximum Gasteiger partial charge on any atom is 0.191 e. The third-order valence-electron chi connectivity index (χ3n) is 5.39. The average Bonchev–Trinajstić information content (AvgIpc) is 2.61. The number of piperidine rings is 1. The molecular formula is C19H39IN4OS. The molecule has 2 rings (SSSR count). The molecule has 0 spiro atoms. The Morgan fingerprint density at radius 2 is 2.04 bits per heavy atom. The minimum atomic E-state index is -0.672. The van der Waals surface area contributed by atoms with Crippen molar-refractivity contribution in [2.24, 2.45) is 10.9 Å². The first-order valence-electron chi connectivity index (χ1n) is 10.3. The van der Waals surface area contributed by atoms with Gasteiger partial charge in [-0.2, -0.15) is 0 Å². The first-order valence-corrected chi connectivity index (χ1v) is 11.6. The molecule has 1 saturated carbocycles. The van der Waals surface area contributed by atoms with Crippen molar-refractivity contribution in [3.8, 4) is 0 Å². The first kappa shape index (κ1) is 24.1. The van der Waals surface area contributed by atoms with Crippen molar-refractivity contribution in [2.45, 2.75) is 70.6 Å². The van der Waals surface area contributed by atoms with Gasteiger partial charge in [0.15, 0.2) is 5.96 Å². The van der Waals surface area contributed by atoms with Gasteiger partial charge in [-0.05, 0) is 51.5 Å². The molecule has 5 nitrogen and oxygen atoms in total. The molecule has 1 saturated heterocycles. The summed E-state index contributed by atoms with van der Waals surface area (Å²) >= 11 is 0. The van der Waals surface area contributed by atoms with Crippen molar-refractivity contribution in [3.63, 3.8) is 0 Å². The number of rotatable bonds is 7. The average molecular weight is 499 g/mol. The Hall–Kier alpha value is 0.110. The third-order valence-corrected chi connectivity index (χ3v) is 7.14. The van der Waals surface area contributed by atoms with Gasteiger partial charge >= 0.3 is 0 Å². The van der Waals surface area contributed by atoms with E-state index in [-0.39, 0.29) is 24.0 Å². The summed E-state index contributed by atoms with van der Waals surface area (Å²) in [5.74, 6) is 2.53. The minimum Gasteiger partial charge on any atom is -0.357 e. The molecule has 7 heteroatoms. The summed E-state index contributed by atoms with van der Waals surface area (Å²) < 4.78 is 12.1. The summed E-state index contributed by atoms with van der Waals surface area (Å²) in [5.41, 5.74) is 0. The van der Waals surface area contributed by atoms with Crippen molar-refractivity contribution in [2.75, 3.05) is 38.5 Å². The number of nitrogens with one attached hydrogen (secondary N) is 2. The first-order chi connectivity index (χ1) is 12.1. The van der Waals surface area contributed by atoms with Crippen LogP contribution in [-0.4, -0.2) is 64.8 Å². The lowest BCUT2D eigenvalue weighted by Crippen LogP contribution is -2.47. The van der Waals surface area contributed by atoms with E-state index in [1.807, 2.05) is 6.92 Å². The Bertz CT molecular complexity index is 449. The lowest BCUT2D eigenvalue weighted by atomic mass is 9.95. The van der Waals surface area contributed by atoms with E-state index >= 15 is 0 Å². The quantitative estimate of drug-likeness (QED) is 0.322. The molecule has 2 fully saturated rings. The highest BCUT2D eigenvalue weighted by atomic mass is 127. The highest BCUT2D eigenvalue weighted by Gasteiger charge is 2.26. The molecule has 4 atom stereocenters. The number of hydrogen-bond acceptors (Lipinski definition) is 3. The number of aliphatic imine (C=N–C) groups is 1. The van der Waals surface area contributed by atoms with Crippen LogP contribution in [0, 0.1) is 5.92 Å². The zero-order chi connectivity index (χ0) is 18.1. The molecule has 26 heavy (non-hydrogen) atoms. The SMILES string of the molecule is CCNC(=NCCN1CCCC(C)C1)NC1CCCC(S(=O)CC)C1.I. The highest BCUT2D eigenvalue weighted by Crippen LogP contribution is 2.23. The molecule has 1 aliphatic carbocycles. The Morgan fingerprint density at radius 3 is 2.73 bits per heavy atom. The Balaban J connectivity index is 0.00000338. The maximum absolute atomic E-state index is 12.1. The van der Waals surface area contributed by atoms with Crippen molar-refractivity contribution >= 4 is 40.7 Å². The number of likely N-dealkylation sites (tertiary alicyclic amines) is 1. The fourth-order valence-corrected chi connectivity index (χ4v) is 5.40. The second-order valence-corrected chi connectivity index (χ2v) is 9.61. The van der Waals surface area contributed by atoms with Crippen LogP contribution in [0.2, 0.25) is 0 Å². The Labute approximate surface area is 180 Å². The van der Waals surface area contributed by atoms with Gasteiger partial charge in [0.25, 0.3) is 0 Å². The standard InChI is InChI=1S/C19H38N4OS.HI/c1-4-20-19(21-11-13-23-12-7-8-16(3)15-23)22-17-9-6-10-18(14-17)25(24)5-2;/h16-18H,4-15H2,1-3H3,(H2,20,21,22);1H. The van der Waals surface area contributed by atoms with Gasteiger partial charge in [0.1, 0.15) is 0 Å². The monoisotopic (exact) mass is 498 g/mol. The number of hydrogen-bond donors (Lipinski definition) is 2. The summed E-state index contributed by atoms with van der Waals surface area (Å²) in [4.78, 5) is 7.34. The fourth-order valence-electron chi connectivity index (χ4n) is 4.06. The van der Waals surface area contributed by atoms with Crippen LogP contribution in [0.3, 0.4) is 0 Å². The molecular weight excluding hydrogens is 459 g/mol. The van der Waals surface area contributed by atoms with Crippen LogP contribution >= 0.6 is 24.0 Å². The summed E-state index contributed by atoms with van der Waals surface area (Å²) in [5, 5.41) is 7.33. The number of halogens is 1. The van der Waals surface area contributed by atoms with Crippen LogP contribution in [0.15, 0.2) is 4.99 Å². The van der Waals surface area contributed by atoms with Gasteiger partial charge in [-0.3, -0.25) is 9.20 Å². The lowest BCUT2D eigenvalue weighted by molar-refractivity contribution is 0.189. The van der Waals surface area contributed by atoms with Crippen molar-refractivity contribution in [1.82, 2.24) is 15.5 Å². The molecule has 0 aromatic heterocycles. The summed E-state index contributed by atoms with van der Waals surface area (Å²) in [6.45, 7) is 11.7. The molecule has 0 amide bonds. The maximum atomic E-state index is 12.1. The minimum absolute atomic E-state index is 0. The fraction of sp³-hybridized carbons (Fsp3) is 0.947. The zero-order valence-corrected chi connectivity index (χ0v) is 20.0. The van der Waals surface area contributed by atoms with Crippen molar-refractivity contribution in [1.29, 1.82) is 0 Å². The number of nitrogens with zero attached hydrogens (tertiary/aromatic N) is 2. The van der Waals surface area contributed by atoms with E-state index in [1.165, 1.54) is 32.4 Å². The predicted octanol–water partition coefficient (Wildman–Crippen LogP) is 2.97. The molecule has 0 aromatic carbocycles. The van der Waals surface area contributed by atoms with Gasteiger partial charge in [-0.15, -0.1) is 24.0 Å². The van der Waals surface area contributed by atoms with E-state index in [9.17, 15) is 4.21 Å². The molecule has 2 N–H and O–H groups in total. The van der Waals surface area contributed by atoms with E-state index in [0.717, 1.165) is 56.5 Å². The normalized spacial score (nSPS) is 28.9. The Morgan fingerprint density at radius 1 is 1.23 bits per heavy atom. The van der Waals surface area contributed by atoms with Gasteiger partial charge in [0.05, 0.1) is 6.54 Å². The molecule has 0 aromatic rings. The summed E-state index contributed by atoms with van der Waals surface area (Å²) in [6.07, 6.45) is 7.13. The van der Waals surface area contributed by atoms with Gasteiger partial charge in [-0.25, -0.2) is 0 Å². The molecule has 154 valence electrons. The molecule has 0 bridgehead atoms. The number of guanidine groups is 1. The van der Waals surface area contributed by atoms with Crippen LogP contribution in [-0.2, 0) is 10.8 Å². The van der Waals surface area contributed by atoms with Gasteiger partial charge < -0.3 is 15.5 Å². The van der Waals surface area contributed by atoms with Gasteiger partial charge in [0, 0.05) is 47.5 Å². The van der Waals surface area contributed by atoms with Crippen LogP contribution in [0.5, 0.6) is 0 Å². The van der Waals surface area contributed by atoms with E-state index < -0.39 is 10.8 Å². The topological polar surface area (TPSA) is 56.7 Å². The van der Waals surface area contributed by atoms with Crippen molar-refractivity contribution in [3.05, 3.63) is 0 Å². The molecule has 4 unspecified atom stereocenters. The van der Waals surface area contributed by atoms with Crippen LogP contribution in [0.25, 0.3) is 0 Å². The van der Waals surface area contributed by atoms with Crippen LogP contribution in [0.4, 0.5) is 0 Å². The van der Waals surface area contributed by atoms with Crippen LogP contribution in [0.1, 0.15) is 59.3 Å². The largest absolute Gasteiger partial charge is 0.357 e. The smallest absolute Gasteiger partial charge is 0.191 e. The highest BCUT2D eigenvalue weighted by molar-refractivity contribution is 14.0. The lowest BCUT2D eigenvalue weighted by Gasteiger charge is -2.31. The Kier molecular flexibility index (Phi) is 12.4. The second-order valence-electron chi connectivity index (χ2n) is 7.61. The molecule has 0 radical (unpaired) electrons. The van der Waals surface area contributed by atoms with E-state index in [2.05, 4.69) is 29.4 Å². The summed E-state index contributed by atoms with van der Waals surface area (Å²) in [7, 11) is -0.672. The van der Waals surface area contributed by atoms with Crippen molar-refractivity contribution < 1.29 is 4.21 Å². The molecule has 1 aliphatic heterocycles. The van der Waals surface area contributed by atoms with Crippen LogP contribution < -0.4 is 10.6 Å². The zero-order valence-electron chi connectivity index (χ0n) is 16.8. The second kappa shape index (κ2) is 13.3. The van der Waals surface area contributed by atoms with Gasteiger partial charge in [-0.1, -0.05) is 20.3 Å².